The van der Waals surface area contributed by atoms with Crippen LogP contribution in [0.15, 0.2) is 6.07 Å². The summed E-state index contributed by atoms with van der Waals surface area (Å²) in [6, 6.07) is 2.32. The van der Waals surface area contributed by atoms with Gasteiger partial charge in [-0.05, 0) is 59.1 Å². The zero-order valence-electron chi connectivity index (χ0n) is 12.9. The third kappa shape index (κ3) is 4.04. The van der Waals surface area contributed by atoms with E-state index in [0.717, 1.165) is 13.2 Å². The number of nitrogens with one attached hydrogen (secondary N) is 1. The average molecular weight is 281 g/mol. The van der Waals surface area contributed by atoms with E-state index < -0.39 is 0 Å². The number of hydrogen-bond donors (Lipinski definition) is 1. The lowest BCUT2D eigenvalue weighted by molar-refractivity contribution is -0.0293. The van der Waals surface area contributed by atoms with Crippen LogP contribution in [0.3, 0.4) is 0 Å². The highest BCUT2D eigenvalue weighted by molar-refractivity contribution is 7.12. The first kappa shape index (κ1) is 15.0. The highest BCUT2D eigenvalue weighted by Crippen LogP contribution is 2.38. The summed E-state index contributed by atoms with van der Waals surface area (Å²) < 4.78 is 6.10. The van der Waals surface area contributed by atoms with Gasteiger partial charge in [-0.3, -0.25) is 0 Å². The monoisotopic (exact) mass is 281 g/mol. The third-order valence-corrected chi connectivity index (χ3v) is 4.71. The maximum atomic E-state index is 6.10. The fourth-order valence-electron chi connectivity index (χ4n) is 2.77. The molecule has 108 valence electrons. The number of hydrogen-bond acceptors (Lipinski definition) is 3. The molecule has 2 heterocycles. The lowest BCUT2D eigenvalue weighted by Gasteiger charge is -2.34. The van der Waals surface area contributed by atoms with Gasteiger partial charge in [0.05, 0.1) is 6.10 Å². The summed E-state index contributed by atoms with van der Waals surface area (Å²) in [4.78, 5) is 2.81. The van der Waals surface area contributed by atoms with Crippen molar-refractivity contribution in [3.8, 4) is 0 Å². The summed E-state index contributed by atoms with van der Waals surface area (Å²) in [6.45, 7) is 13.0. The predicted molar refractivity (Wildman–Crippen MR) is 83.0 cm³/mol. The molecule has 2 unspecified atom stereocenters. The highest BCUT2D eigenvalue weighted by atomic mass is 32.1. The molecule has 1 saturated heterocycles. The molecule has 0 aliphatic carbocycles. The molecule has 1 N–H and O–H groups in total. The van der Waals surface area contributed by atoms with Gasteiger partial charge in [0.2, 0.25) is 0 Å². The average Bonchev–Trinajstić information content (AvgIpc) is 2.65. The molecule has 0 saturated carbocycles. The molecule has 2 rings (SSSR count). The number of rotatable bonds is 3. The second kappa shape index (κ2) is 5.94. The number of ether oxygens (including phenoxy) is 1. The summed E-state index contributed by atoms with van der Waals surface area (Å²) in [5, 5.41) is 3.64. The Bertz CT molecular complexity index is 419. The Hall–Kier alpha value is -0.380. The van der Waals surface area contributed by atoms with Crippen molar-refractivity contribution in [2.24, 2.45) is 5.92 Å². The molecule has 0 bridgehead atoms. The smallest absolute Gasteiger partial charge is 0.0875 e. The van der Waals surface area contributed by atoms with E-state index in [1.165, 1.54) is 28.2 Å². The molecule has 0 radical (unpaired) electrons. The highest BCUT2D eigenvalue weighted by Gasteiger charge is 2.30. The molecule has 1 aliphatic rings. The van der Waals surface area contributed by atoms with E-state index >= 15 is 0 Å². The molecular formula is C16H27NOS. The van der Waals surface area contributed by atoms with Gasteiger partial charge in [-0.15, -0.1) is 11.3 Å². The molecule has 3 heteroatoms. The molecule has 1 fully saturated rings. The van der Waals surface area contributed by atoms with Crippen LogP contribution in [0.25, 0.3) is 0 Å². The van der Waals surface area contributed by atoms with Crippen molar-refractivity contribution in [2.45, 2.75) is 59.1 Å². The first-order chi connectivity index (χ1) is 8.87. The van der Waals surface area contributed by atoms with Crippen molar-refractivity contribution >= 4 is 11.3 Å². The molecule has 0 spiro atoms. The lowest BCUT2D eigenvalue weighted by atomic mass is 9.89. The summed E-state index contributed by atoms with van der Waals surface area (Å²) in [5.74, 6) is 0.598. The van der Waals surface area contributed by atoms with Gasteiger partial charge in [-0.2, -0.15) is 0 Å². The van der Waals surface area contributed by atoms with Crippen LogP contribution in [0.2, 0.25) is 0 Å². The van der Waals surface area contributed by atoms with E-state index in [9.17, 15) is 0 Å². The van der Waals surface area contributed by atoms with Crippen molar-refractivity contribution in [3.63, 3.8) is 0 Å². The van der Waals surface area contributed by atoms with Crippen LogP contribution in [0.4, 0.5) is 0 Å². The van der Waals surface area contributed by atoms with Gasteiger partial charge in [-0.25, -0.2) is 0 Å². The van der Waals surface area contributed by atoms with Crippen LogP contribution < -0.4 is 5.32 Å². The zero-order valence-corrected chi connectivity index (χ0v) is 13.7. The van der Waals surface area contributed by atoms with E-state index in [1.807, 2.05) is 11.3 Å². The fourth-order valence-corrected chi connectivity index (χ4v) is 3.73. The molecule has 19 heavy (non-hydrogen) atoms. The minimum Gasteiger partial charge on any atom is -0.373 e. The molecule has 1 aliphatic heterocycles. The Morgan fingerprint density at radius 2 is 2.11 bits per heavy atom. The van der Waals surface area contributed by atoms with Gasteiger partial charge >= 0.3 is 0 Å². The predicted octanol–water partition coefficient (Wildman–Crippen LogP) is 4.22. The Morgan fingerprint density at radius 1 is 1.37 bits per heavy atom. The van der Waals surface area contributed by atoms with Crippen LogP contribution in [0.1, 0.15) is 55.0 Å². The van der Waals surface area contributed by atoms with Crippen molar-refractivity contribution in [3.05, 3.63) is 21.4 Å². The second-order valence-electron chi connectivity index (χ2n) is 6.69. The SMILES string of the molecule is Cc1cc(C2OCCCC2CNC(C)(C)C)c(C)s1. The van der Waals surface area contributed by atoms with Gasteiger partial charge < -0.3 is 10.1 Å². The largest absolute Gasteiger partial charge is 0.373 e. The van der Waals surface area contributed by atoms with E-state index in [2.05, 4.69) is 46.0 Å². The summed E-state index contributed by atoms with van der Waals surface area (Å²) in [5.41, 5.74) is 1.60. The maximum Gasteiger partial charge on any atom is 0.0875 e. The molecular weight excluding hydrogens is 254 g/mol. The first-order valence-electron chi connectivity index (χ1n) is 7.30. The summed E-state index contributed by atoms with van der Waals surface area (Å²) in [7, 11) is 0. The minimum atomic E-state index is 0.182. The Morgan fingerprint density at radius 3 is 2.68 bits per heavy atom. The van der Waals surface area contributed by atoms with Gasteiger partial charge in [-0.1, -0.05) is 0 Å². The zero-order chi connectivity index (χ0) is 14.0. The molecule has 0 amide bonds. The topological polar surface area (TPSA) is 21.3 Å². The molecule has 2 atom stereocenters. The van der Waals surface area contributed by atoms with Crippen LogP contribution in [0, 0.1) is 19.8 Å². The summed E-state index contributed by atoms with van der Waals surface area (Å²) >= 11 is 1.89. The van der Waals surface area contributed by atoms with E-state index in [1.54, 1.807) is 0 Å². The van der Waals surface area contributed by atoms with Gasteiger partial charge in [0.15, 0.2) is 0 Å². The van der Waals surface area contributed by atoms with Gasteiger partial charge in [0.1, 0.15) is 0 Å². The molecule has 1 aromatic rings. The van der Waals surface area contributed by atoms with Crippen molar-refractivity contribution in [2.75, 3.05) is 13.2 Å². The molecule has 0 aromatic carbocycles. The Labute approximate surface area is 121 Å². The Balaban J connectivity index is 2.10. The standard InChI is InChI=1S/C16H27NOS/c1-11-9-14(12(2)19-11)15-13(7-6-8-18-15)10-17-16(3,4)5/h9,13,15,17H,6-8,10H2,1-5H3. The quantitative estimate of drug-likeness (QED) is 0.895. The van der Waals surface area contributed by atoms with E-state index in [0.29, 0.717) is 5.92 Å². The fraction of sp³-hybridized carbons (Fsp3) is 0.750. The molecule has 2 nitrogen and oxygen atoms in total. The first-order valence-corrected chi connectivity index (χ1v) is 8.12. The lowest BCUT2D eigenvalue weighted by Crippen LogP contribution is -2.41. The number of thiophene rings is 1. The summed E-state index contributed by atoms with van der Waals surface area (Å²) in [6.07, 6.45) is 2.74. The van der Waals surface area contributed by atoms with Crippen LogP contribution in [-0.2, 0) is 4.74 Å². The van der Waals surface area contributed by atoms with E-state index in [-0.39, 0.29) is 11.6 Å². The van der Waals surface area contributed by atoms with Crippen molar-refractivity contribution in [1.29, 1.82) is 0 Å². The number of aryl methyl sites for hydroxylation is 2. The van der Waals surface area contributed by atoms with Crippen molar-refractivity contribution < 1.29 is 4.74 Å². The molecule has 1 aromatic heterocycles. The maximum absolute atomic E-state index is 6.10. The van der Waals surface area contributed by atoms with Crippen LogP contribution >= 0.6 is 11.3 Å². The van der Waals surface area contributed by atoms with Gasteiger partial charge in [0.25, 0.3) is 0 Å². The Kier molecular flexibility index (Phi) is 4.70. The van der Waals surface area contributed by atoms with Crippen LogP contribution in [-0.4, -0.2) is 18.7 Å². The van der Waals surface area contributed by atoms with Gasteiger partial charge in [0, 0.05) is 34.4 Å². The normalized spacial score (nSPS) is 24.7. The van der Waals surface area contributed by atoms with Crippen molar-refractivity contribution in [1.82, 2.24) is 5.32 Å². The van der Waals surface area contributed by atoms with Crippen LogP contribution in [0.5, 0.6) is 0 Å². The second-order valence-corrected chi connectivity index (χ2v) is 8.15. The third-order valence-electron chi connectivity index (χ3n) is 3.73. The minimum absolute atomic E-state index is 0.182. The van der Waals surface area contributed by atoms with E-state index in [4.69, 9.17) is 4.74 Å².